The van der Waals surface area contributed by atoms with Gasteiger partial charge >= 0.3 is 0 Å². The SMILES string of the molecule is COCC(Nc1ccc([N+](=O)[O-])c(Cl)c1)C1CC1. The van der Waals surface area contributed by atoms with Gasteiger partial charge in [0.2, 0.25) is 0 Å². The maximum absolute atomic E-state index is 10.7. The molecular formula is C12H15ClN2O3. The molecule has 1 atom stereocenters. The summed E-state index contributed by atoms with van der Waals surface area (Å²) in [7, 11) is 1.67. The van der Waals surface area contributed by atoms with E-state index in [1.54, 1.807) is 19.2 Å². The molecule has 1 aromatic carbocycles. The molecule has 2 rings (SSSR count). The van der Waals surface area contributed by atoms with E-state index in [0.29, 0.717) is 12.5 Å². The topological polar surface area (TPSA) is 64.4 Å². The minimum Gasteiger partial charge on any atom is -0.383 e. The van der Waals surface area contributed by atoms with Crippen LogP contribution in [0.2, 0.25) is 5.02 Å². The van der Waals surface area contributed by atoms with Crippen LogP contribution in [0.4, 0.5) is 11.4 Å². The summed E-state index contributed by atoms with van der Waals surface area (Å²) in [5.74, 6) is 0.624. The number of hydrogen-bond donors (Lipinski definition) is 1. The van der Waals surface area contributed by atoms with Crippen LogP contribution in [0.3, 0.4) is 0 Å². The van der Waals surface area contributed by atoms with Crippen molar-refractivity contribution >= 4 is 23.0 Å². The van der Waals surface area contributed by atoms with Gasteiger partial charge in [-0.3, -0.25) is 10.1 Å². The first-order valence-electron chi connectivity index (χ1n) is 5.81. The third-order valence-electron chi connectivity index (χ3n) is 3.03. The molecule has 1 aliphatic carbocycles. The van der Waals surface area contributed by atoms with Crippen LogP contribution in [0.5, 0.6) is 0 Å². The van der Waals surface area contributed by atoms with Gasteiger partial charge < -0.3 is 10.1 Å². The van der Waals surface area contributed by atoms with E-state index in [4.69, 9.17) is 16.3 Å². The van der Waals surface area contributed by atoms with Gasteiger partial charge in [0, 0.05) is 18.9 Å². The fourth-order valence-corrected chi connectivity index (χ4v) is 2.18. The van der Waals surface area contributed by atoms with Crippen molar-refractivity contribution in [2.75, 3.05) is 19.0 Å². The summed E-state index contributed by atoms with van der Waals surface area (Å²) in [6.45, 7) is 0.624. The molecule has 0 heterocycles. The van der Waals surface area contributed by atoms with E-state index in [1.165, 1.54) is 18.9 Å². The molecule has 1 unspecified atom stereocenters. The van der Waals surface area contributed by atoms with Gasteiger partial charge in [0.25, 0.3) is 5.69 Å². The second kappa shape index (κ2) is 5.54. The van der Waals surface area contributed by atoms with Crippen LogP contribution >= 0.6 is 11.6 Å². The molecule has 1 aromatic rings. The number of nitrogens with one attached hydrogen (secondary N) is 1. The molecule has 6 heteroatoms. The molecule has 0 saturated heterocycles. The van der Waals surface area contributed by atoms with Crippen molar-refractivity contribution in [1.82, 2.24) is 0 Å². The zero-order valence-corrected chi connectivity index (χ0v) is 10.8. The minimum atomic E-state index is -0.486. The molecule has 0 spiro atoms. The molecule has 1 saturated carbocycles. The molecule has 0 aromatic heterocycles. The molecule has 0 radical (unpaired) electrons. The molecule has 98 valence electrons. The number of ether oxygens (including phenoxy) is 1. The van der Waals surface area contributed by atoms with Crippen LogP contribution in [0.15, 0.2) is 18.2 Å². The second-order valence-electron chi connectivity index (χ2n) is 4.47. The molecule has 18 heavy (non-hydrogen) atoms. The van der Waals surface area contributed by atoms with Crippen molar-refractivity contribution in [1.29, 1.82) is 0 Å². The molecule has 0 amide bonds. The van der Waals surface area contributed by atoms with Crippen molar-refractivity contribution in [2.24, 2.45) is 5.92 Å². The number of anilines is 1. The largest absolute Gasteiger partial charge is 0.383 e. The number of benzene rings is 1. The van der Waals surface area contributed by atoms with E-state index in [9.17, 15) is 10.1 Å². The average Bonchev–Trinajstić information content (AvgIpc) is 3.11. The van der Waals surface area contributed by atoms with Crippen molar-refractivity contribution < 1.29 is 9.66 Å². The van der Waals surface area contributed by atoms with Crippen molar-refractivity contribution in [2.45, 2.75) is 18.9 Å². The standard InChI is InChI=1S/C12H15ClN2O3/c1-18-7-11(8-2-3-8)14-9-4-5-12(15(16)17)10(13)6-9/h4-6,8,11,14H,2-3,7H2,1H3. The molecule has 0 bridgehead atoms. The number of nitro benzene ring substituents is 1. The van der Waals surface area contributed by atoms with Crippen molar-refractivity contribution in [3.63, 3.8) is 0 Å². The Morgan fingerprint density at radius 3 is 2.83 bits per heavy atom. The third-order valence-corrected chi connectivity index (χ3v) is 3.34. The first kappa shape index (κ1) is 13.1. The predicted octanol–water partition coefficient (Wildman–Crippen LogP) is 3.09. The lowest BCUT2D eigenvalue weighted by atomic mass is 10.2. The summed E-state index contributed by atoms with van der Waals surface area (Å²) >= 11 is 5.87. The molecular weight excluding hydrogens is 256 g/mol. The summed E-state index contributed by atoms with van der Waals surface area (Å²) in [5.41, 5.74) is 0.719. The lowest BCUT2D eigenvalue weighted by molar-refractivity contribution is -0.384. The third kappa shape index (κ3) is 3.11. The Balaban J connectivity index is 2.08. The Labute approximate surface area is 110 Å². The van der Waals surface area contributed by atoms with Crippen LogP contribution in [-0.2, 0) is 4.74 Å². The average molecular weight is 271 g/mol. The highest BCUT2D eigenvalue weighted by atomic mass is 35.5. The summed E-state index contributed by atoms with van der Waals surface area (Å²) < 4.78 is 5.17. The highest BCUT2D eigenvalue weighted by Gasteiger charge is 2.31. The van der Waals surface area contributed by atoms with Crippen molar-refractivity contribution in [3.8, 4) is 0 Å². The smallest absolute Gasteiger partial charge is 0.288 e. The van der Waals surface area contributed by atoms with Gasteiger partial charge in [-0.1, -0.05) is 11.6 Å². The van der Waals surface area contributed by atoms with Gasteiger partial charge in [0.05, 0.1) is 17.6 Å². The van der Waals surface area contributed by atoms with Gasteiger partial charge in [0.1, 0.15) is 5.02 Å². The predicted molar refractivity (Wildman–Crippen MR) is 70.1 cm³/mol. The van der Waals surface area contributed by atoms with E-state index in [2.05, 4.69) is 5.32 Å². The molecule has 1 N–H and O–H groups in total. The van der Waals surface area contributed by atoms with E-state index >= 15 is 0 Å². The zero-order chi connectivity index (χ0) is 13.1. The molecule has 1 fully saturated rings. The van der Waals surface area contributed by atoms with Gasteiger partial charge in [-0.05, 0) is 30.9 Å². The first-order valence-corrected chi connectivity index (χ1v) is 6.19. The van der Waals surface area contributed by atoms with Gasteiger partial charge in [0.15, 0.2) is 0 Å². The van der Waals surface area contributed by atoms with Gasteiger partial charge in [-0.25, -0.2) is 0 Å². The maximum Gasteiger partial charge on any atom is 0.288 e. The maximum atomic E-state index is 10.7. The fourth-order valence-electron chi connectivity index (χ4n) is 1.93. The Kier molecular flexibility index (Phi) is 4.04. The highest BCUT2D eigenvalue weighted by Crippen LogP contribution is 2.35. The summed E-state index contributed by atoms with van der Waals surface area (Å²) in [5, 5.41) is 14.1. The Hall–Kier alpha value is -1.33. The zero-order valence-electron chi connectivity index (χ0n) is 10.1. The lowest BCUT2D eigenvalue weighted by Gasteiger charge is -2.18. The minimum absolute atomic E-state index is 0.0723. The fraction of sp³-hybridized carbons (Fsp3) is 0.500. The molecule has 1 aliphatic rings. The molecule has 0 aliphatic heterocycles. The molecule has 5 nitrogen and oxygen atoms in total. The van der Waals surface area contributed by atoms with Gasteiger partial charge in [-0.15, -0.1) is 0 Å². The van der Waals surface area contributed by atoms with Crippen molar-refractivity contribution in [3.05, 3.63) is 33.3 Å². The number of nitro groups is 1. The Morgan fingerprint density at radius 2 is 2.33 bits per heavy atom. The van der Waals surface area contributed by atoms with Gasteiger partial charge in [-0.2, -0.15) is 0 Å². The quantitative estimate of drug-likeness (QED) is 0.637. The number of rotatable bonds is 6. The summed E-state index contributed by atoms with van der Waals surface area (Å²) in [4.78, 5) is 10.2. The normalized spacial score (nSPS) is 16.3. The van der Waals surface area contributed by atoms with E-state index in [-0.39, 0.29) is 16.8 Å². The monoisotopic (exact) mass is 270 g/mol. The summed E-state index contributed by atoms with van der Waals surface area (Å²) in [6.07, 6.45) is 2.39. The van der Waals surface area contributed by atoms with E-state index < -0.39 is 4.92 Å². The van der Waals surface area contributed by atoms with Crippen LogP contribution in [0, 0.1) is 16.0 Å². The number of nitrogens with zero attached hydrogens (tertiary/aromatic N) is 1. The number of hydrogen-bond acceptors (Lipinski definition) is 4. The van der Waals surface area contributed by atoms with E-state index in [0.717, 1.165) is 5.69 Å². The summed E-state index contributed by atoms with van der Waals surface area (Å²) in [6, 6.07) is 4.92. The first-order chi connectivity index (χ1) is 8.61. The van der Waals surface area contributed by atoms with Crippen LogP contribution in [0.25, 0.3) is 0 Å². The van der Waals surface area contributed by atoms with E-state index in [1.807, 2.05) is 0 Å². The van der Waals surface area contributed by atoms with Crippen LogP contribution in [-0.4, -0.2) is 24.7 Å². The number of methoxy groups -OCH3 is 1. The van der Waals surface area contributed by atoms with Crippen LogP contribution < -0.4 is 5.32 Å². The Morgan fingerprint density at radius 1 is 1.61 bits per heavy atom. The highest BCUT2D eigenvalue weighted by molar-refractivity contribution is 6.32. The number of halogens is 1. The Bertz CT molecular complexity index is 449. The second-order valence-corrected chi connectivity index (χ2v) is 4.87. The lowest BCUT2D eigenvalue weighted by Crippen LogP contribution is -2.27. The van der Waals surface area contributed by atoms with Crippen LogP contribution in [0.1, 0.15) is 12.8 Å².